The van der Waals surface area contributed by atoms with E-state index in [4.69, 9.17) is 11.6 Å². The maximum Gasteiger partial charge on any atom is 0.417 e. The van der Waals surface area contributed by atoms with Crippen LogP contribution < -0.4 is 10.6 Å². The number of amides is 1. The van der Waals surface area contributed by atoms with E-state index in [1.807, 2.05) is 6.92 Å². The van der Waals surface area contributed by atoms with Crippen LogP contribution in [0, 0.1) is 11.8 Å². The maximum atomic E-state index is 12.9. The first-order valence-corrected chi connectivity index (χ1v) is 11.4. The Morgan fingerprint density at radius 2 is 1.91 bits per heavy atom. The molecule has 1 aliphatic carbocycles. The highest BCUT2D eigenvalue weighted by molar-refractivity contribution is 6.29. The minimum Gasteiger partial charge on any atom is -0.393 e. The summed E-state index contributed by atoms with van der Waals surface area (Å²) in [5.74, 6) is 0.249. The van der Waals surface area contributed by atoms with Crippen LogP contribution in [0.5, 0.6) is 0 Å². The van der Waals surface area contributed by atoms with Crippen LogP contribution in [0.25, 0.3) is 0 Å². The number of halogens is 4. The fraction of sp³-hybridized carbons (Fsp3) is 0.333. The second-order valence-corrected chi connectivity index (χ2v) is 9.00. The zero-order valence-corrected chi connectivity index (χ0v) is 19.4. The number of pyridine rings is 3. The number of alkyl halides is 3. The van der Waals surface area contributed by atoms with Crippen LogP contribution in [-0.2, 0) is 12.6 Å². The maximum absolute atomic E-state index is 12.9. The van der Waals surface area contributed by atoms with Gasteiger partial charge in [0.2, 0.25) is 0 Å². The van der Waals surface area contributed by atoms with E-state index >= 15 is 0 Å². The van der Waals surface area contributed by atoms with Crippen LogP contribution in [0.3, 0.4) is 0 Å². The normalized spacial score (nSPS) is 15.4. The number of anilines is 3. The van der Waals surface area contributed by atoms with Crippen LogP contribution in [0.15, 0.2) is 48.9 Å². The molecule has 3 aromatic rings. The lowest BCUT2D eigenvalue weighted by Gasteiger charge is -2.20. The number of hydrogen-bond acceptors (Lipinski definition) is 6. The highest BCUT2D eigenvalue weighted by atomic mass is 35.5. The smallest absolute Gasteiger partial charge is 0.393 e. The zero-order chi connectivity index (χ0) is 25.2. The number of carbonyl (C=O) groups is 1. The lowest BCUT2D eigenvalue weighted by molar-refractivity contribution is -0.137. The molecule has 1 aliphatic rings. The highest BCUT2D eigenvalue weighted by Crippen LogP contribution is 2.37. The Kier molecular flexibility index (Phi) is 7.23. The van der Waals surface area contributed by atoms with Crippen molar-refractivity contribution in [1.29, 1.82) is 0 Å². The van der Waals surface area contributed by atoms with Crippen molar-refractivity contribution in [3.05, 3.63) is 70.8 Å². The van der Waals surface area contributed by atoms with Crippen molar-refractivity contribution in [2.45, 2.75) is 38.5 Å². The summed E-state index contributed by atoms with van der Waals surface area (Å²) in [4.78, 5) is 24.8. The third-order valence-corrected chi connectivity index (χ3v) is 6.01. The van der Waals surface area contributed by atoms with Crippen LogP contribution in [-0.4, -0.2) is 32.1 Å². The van der Waals surface area contributed by atoms with E-state index in [-0.39, 0.29) is 28.3 Å². The van der Waals surface area contributed by atoms with Gasteiger partial charge in [-0.1, -0.05) is 18.5 Å². The molecule has 35 heavy (non-hydrogen) atoms. The topological polar surface area (TPSA) is 100 Å². The summed E-state index contributed by atoms with van der Waals surface area (Å²) in [6.07, 6.45) is 1.24. The predicted octanol–water partition coefficient (Wildman–Crippen LogP) is 5.49. The van der Waals surface area contributed by atoms with Gasteiger partial charge < -0.3 is 15.7 Å². The first-order valence-electron chi connectivity index (χ1n) is 11.0. The second kappa shape index (κ2) is 10.2. The van der Waals surface area contributed by atoms with Crippen LogP contribution in [0.1, 0.15) is 41.3 Å². The molecule has 7 nitrogen and oxygen atoms in total. The summed E-state index contributed by atoms with van der Waals surface area (Å²) < 4.78 is 38.2. The molecule has 0 aromatic carbocycles. The number of nitrogens with zero attached hydrogens (tertiary/aromatic N) is 3. The average molecular weight is 506 g/mol. The summed E-state index contributed by atoms with van der Waals surface area (Å²) in [6.45, 7) is 1.96. The Bertz CT molecular complexity index is 1200. The summed E-state index contributed by atoms with van der Waals surface area (Å²) >= 11 is 6.07. The minimum absolute atomic E-state index is 0.0235. The average Bonchev–Trinajstić information content (AvgIpc) is 3.66. The molecule has 3 aromatic heterocycles. The van der Waals surface area contributed by atoms with E-state index in [2.05, 4.69) is 25.6 Å². The van der Waals surface area contributed by atoms with Gasteiger partial charge in [-0.05, 0) is 67.0 Å². The molecular formula is C24H23ClF3N5O2. The fourth-order valence-corrected chi connectivity index (χ4v) is 3.90. The monoisotopic (exact) mass is 505 g/mol. The molecule has 0 aliphatic heterocycles. The third kappa shape index (κ3) is 6.46. The number of nitrogens with one attached hydrogen (secondary N) is 2. The molecule has 0 spiro atoms. The molecule has 1 saturated carbocycles. The van der Waals surface area contributed by atoms with Gasteiger partial charge in [-0.25, -0.2) is 15.0 Å². The van der Waals surface area contributed by atoms with Crippen molar-refractivity contribution >= 4 is 34.8 Å². The van der Waals surface area contributed by atoms with Gasteiger partial charge in [0.25, 0.3) is 5.91 Å². The SMILES string of the molecule is CC(Cc1cc(Cl)ncc1NC(=O)c1ccnc(Nc2ccc(C(F)(F)F)cn2)c1)C(O)C1CC1. The summed E-state index contributed by atoms with van der Waals surface area (Å²) in [7, 11) is 0. The molecule has 184 valence electrons. The lowest BCUT2D eigenvalue weighted by atomic mass is 9.93. The summed E-state index contributed by atoms with van der Waals surface area (Å²) in [5, 5.41) is 16.3. The number of aliphatic hydroxyl groups excluding tert-OH is 1. The highest BCUT2D eigenvalue weighted by Gasteiger charge is 2.33. The van der Waals surface area contributed by atoms with Gasteiger partial charge in [-0.2, -0.15) is 13.2 Å². The summed E-state index contributed by atoms with van der Waals surface area (Å²) in [5.41, 5.74) is 0.633. The number of carbonyl (C=O) groups excluding carboxylic acids is 1. The first-order chi connectivity index (χ1) is 16.6. The molecular weight excluding hydrogens is 483 g/mol. The van der Waals surface area contributed by atoms with Gasteiger partial charge in [0.15, 0.2) is 0 Å². The molecule has 0 bridgehead atoms. The van der Waals surface area contributed by atoms with Gasteiger partial charge >= 0.3 is 6.18 Å². The molecule has 2 atom stereocenters. The van der Waals surface area contributed by atoms with E-state index in [1.165, 1.54) is 30.6 Å². The number of aliphatic hydroxyl groups is 1. The van der Waals surface area contributed by atoms with Crippen molar-refractivity contribution in [2.75, 3.05) is 10.6 Å². The van der Waals surface area contributed by atoms with E-state index < -0.39 is 23.8 Å². The van der Waals surface area contributed by atoms with Crippen molar-refractivity contribution in [3.63, 3.8) is 0 Å². The molecule has 1 amide bonds. The Balaban J connectivity index is 1.46. The quantitative estimate of drug-likeness (QED) is 0.350. The van der Waals surface area contributed by atoms with Gasteiger partial charge in [-0.3, -0.25) is 4.79 Å². The first kappa shape index (κ1) is 24.9. The van der Waals surface area contributed by atoms with Crippen LogP contribution in [0.4, 0.5) is 30.5 Å². The van der Waals surface area contributed by atoms with E-state index in [1.54, 1.807) is 6.07 Å². The van der Waals surface area contributed by atoms with Crippen molar-refractivity contribution in [2.24, 2.45) is 11.8 Å². The standard InChI is InChI=1S/C24H23ClF3N5O2/c1-13(22(34)14-2-3-14)8-16-9-19(25)30-12-18(16)32-23(35)15-6-7-29-21(10-15)33-20-5-4-17(11-31-20)24(26,27)28/h4-7,9-14,22,34H,2-3,8H2,1H3,(H,32,35)(H,29,31,33). The molecule has 3 N–H and O–H groups in total. The molecule has 0 saturated heterocycles. The van der Waals surface area contributed by atoms with Gasteiger partial charge in [0.1, 0.15) is 16.8 Å². The van der Waals surface area contributed by atoms with E-state index in [0.717, 1.165) is 30.7 Å². The van der Waals surface area contributed by atoms with Crippen molar-refractivity contribution in [1.82, 2.24) is 15.0 Å². The number of rotatable bonds is 8. The Labute approximate surface area is 204 Å². The number of aromatic nitrogens is 3. The van der Waals surface area contributed by atoms with Crippen LogP contribution >= 0.6 is 11.6 Å². The third-order valence-electron chi connectivity index (χ3n) is 5.80. The Morgan fingerprint density at radius 3 is 2.57 bits per heavy atom. The van der Waals surface area contributed by atoms with Crippen LogP contribution in [0.2, 0.25) is 5.15 Å². The molecule has 0 radical (unpaired) electrons. The van der Waals surface area contributed by atoms with E-state index in [0.29, 0.717) is 18.0 Å². The van der Waals surface area contributed by atoms with Crippen molar-refractivity contribution < 1.29 is 23.1 Å². The van der Waals surface area contributed by atoms with E-state index in [9.17, 15) is 23.1 Å². The van der Waals surface area contributed by atoms with Gasteiger partial charge in [0.05, 0.1) is 23.6 Å². The Hall–Kier alpha value is -3.24. The largest absolute Gasteiger partial charge is 0.417 e. The van der Waals surface area contributed by atoms with Gasteiger partial charge in [-0.15, -0.1) is 0 Å². The molecule has 3 heterocycles. The molecule has 4 rings (SSSR count). The molecule has 2 unspecified atom stereocenters. The minimum atomic E-state index is -4.48. The summed E-state index contributed by atoms with van der Waals surface area (Å²) in [6, 6.07) is 6.71. The van der Waals surface area contributed by atoms with Gasteiger partial charge in [0, 0.05) is 18.0 Å². The zero-order valence-electron chi connectivity index (χ0n) is 18.7. The molecule has 11 heteroatoms. The van der Waals surface area contributed by atoms with Crippen molar-refractivity contribution in [3.8, 4) is 0 Å². The molecule has 1 fully saturated rings. The lowest BCUT2D eigenvalue weighted by Crippen LogP contribution is -2.23. The fourth-order valence-electron chi connectivity index (χ4n) is 3.72. The second-order valence-electron chi connectivity index (χ2n) is 8.61. The number of hydrogen-bond donors (Lipinski definition) is 3. The Morgan fingerprint density at radius 1 is 1.14 bits per heavy atom. The predicted molar refractivity (Wildman–Crippen MR) is 126 cm³/mol.